The summed E-state index contributed by atoms with van der Waals surface area (Å²) in [6, 6.07) is 13.6. The maximum absolute atomic E-state index is 13.0. The number of hydrogen-bond acceptors (Lipinski definition) is 4. The van der Waals surface area contributed by atoms with E-state index in [0.29, 0.717) is 12.1 Å². The third-order valence-corrected chi connectivity index (χ3v) is 5.26. The zero-order chi connectivity index (χ0) is 19.2. The minimum absolute atomic E-state index is 0.0861. The van der Waals surface area contributed by atoms with Crippen LogP contribution in [0.5, 0.6) is 0 Å². The molecule has 6 heteroatoms. The van der Waals surface area contributed by atoms with Crippen LogP contribution >= 0.6 is 0 Å². The minimum Gasteiger partial charge on any atom is -0.350 e. The Morgan fingerprint density at radius 2 is 1.89 bits per heavy atom. The summed E-state index contributed by atoms with van der Waals surface area (Å²) in [5.41, 5.74) is 2.54. The first kappa shape index (κ1) is 18.4. The Balaban J connectivity index is 1.52. The summed E-state index contributed by atoms with van der Waals surface area (Å²) in [5.74, 6) is -0.0861. The molecule has 1 aliphatic heterocycles. The van der Waals surface area contributed by atoms with E-state index < -0.39 is 0 Å². The molecule has 0 spiro atoms. The highest BCUT2D eigenvalue weighted by Gasteiger charge is 2.23. The van der Waals surface area contributed by atoms with Gasteiger partial charge in [-0.05, 0) is 55.8 Å². The number of amides is 1. The van der Waals surface area contributed by atoms with E-state index in [0.717, 1.165) is 24.3 Å². The first-order valence-electron chi connectivity index (χ1n) is 9.84. The second kappa shape index (κ2) is 8.80. The van der Waals surface area contributed by atoms with E-state index in [1.807, 2.05) is 48.8 Å². The van der Waals surface area contributed by atoms with E-state index in [9.17, 15) is 4.79 Å². The summed E-state index contributed by atoms with van der Waals surface area (Å²) in [6.07, 6.45) is 10.9. The molecule has 0 saturated carbocycles. The van der Waals surface area contributed by atoms with Crippen LogP contribution in [0.3, 0.4) is 0 Å². The van der Waals surface area contributed by atoms with Crippen LogP contribution in [0.4, 0.5) is 0 Å². The molecule has 1 amide bonds. The van der Waals surface area contributed by atoms with Gasteiger partial charge in [0.25, 0.3) is 5.91 Å². The lowest BCUT2D eigenvalue weighted by atomic mass is 10.0. The van der Waals surface area contributed by atoms with E-state index in [1.165, 1.54) is 19.3 Å². The van der Waals surface area contributed by atoms with Crippen LogP contribution in [0.25, 0.3) is 5.69 Å². The van der Waals surface area contributed by atoms with E-state index in [4.69, 9.17) is 0 Å². The Hall–Kier alpha value is -2.99. The number of nitrogens with one attached hydrogen (secondary N) is 1. The molecule has 1 aromatic carbocycles. The molecule has 0 aliphatic carbocycles. The van der Waals surface area contributed by atoms with Crippen molar-refractivity contribution < 1.29 is 4.79 Å². The quantitative estimate of drug-likeness (QED) is 0.719. The maximum atomic E-state index is 13.0. The highest BCUT2D eigenvalue weighted by Crippen LogP contribution is 2.24. The molecule has 6 nitrogen and oxygen atoms in total. The molecule has 4 rings (SSSR count). The molecular formula is C22H25N5O. The third-order valence-electron chi connectivity index (χ3n) is 5.26. The lowest BCUT2D eigenvalue weighted by molar-refractivity contribution is 0.0924. The molecule has 144 valence electrons. The Morgan fingerprint density at radius 1 is 1.04 bits per heavy atom. The van der Waals surface area contributed by atoms with Crippen molar-refractivity contribution >= 4 is 5.91 Å². The topological polar surface area (TPSA) is 63.1 Å². The van der Waals surface area contributed by atoms with Crippen molar-refractivity contribution in [2.24, 2.45) is 0 Å². The van der Waals surface area contributed by atoms with E-state index in [2.05, 4.69) is 26.4 Å². The van der Waals surface area contributed by atoms with Crippen LogP contribution in [0.2, 0.25) is 0 Å². The van der Waals surface area contributed by atoms with Crippen molar-refractivity contribution in [3.8, 4) is 5.69 Å². The fourth-order valence-corrected chi connectivity index (χ4v) is 3.82. The lowest BCUT2D eigenvalue weighted by Gasteiger charge is -2.34. The number of carbonyl (C=O) groups is 1. The highest BCUT2D eigenvalue weighted by atomic mass is 16.1. The second-order valence-corrected chi connectivity index (χ2v) is 7.08. The SMILES string of the molecule is O=C(NC[C@@H](c1cccnc1)N1CCCCC1)c1ccccc1-n1cccn1. The van der Waals surface area contributed by atoms with Gasteiger partial charge in [0, 0.05) is 31.3 Å². The summed E-state index contributed by atoms with van der Waals surface area (Å²) < 4.78 is 1.72. The zero-order valence-corrected chi connectivity index (χ0v) is 15.9. The molecule has 1 N–H and O–H groups in total. The number of likely N-dealkylation sites (tertiary alicyclic amines) is 1. The molecule has 1 atom stereocenters. The van der Waals surface area contributed by atoms with Gasteiger partial charge in [0.15, 0.2) is 0 Å². The summed E-state index contributed by atoms with van der Waals surface area (Å²) >= 11 is 0. The van der Waals surface area contributed by atoms with Crippen molar-refractivity contribution in [2.45, 2.75) is 25.3 Å². The average molecular weight is 375 g/mol. The number of rotatable bonds is 6. The van der Waals surface area contributed by atoms with E-state index in [1.54, 1.807) is 17.1 Å². The number of carbonyl (C=O) groups excluding carboxylic acids is 1. The van der Waals surface area contributed by atoms with Crippen LogP contribution in [-0.2, 0) is 0 Å². The van der Waals surface area contributed by atoms with Gasteiger partial charge in [0.2, 0.25) is 0 Å². The number of para-hydroxylation sites is 1. The van der Waals surface area contributed by atoms with Gasteiger partial charge in [-0.1, -0.05) is 24.6 Å². The molecule has 1 fully saturated rings. The number of benzene rings is 1. The summed E-state index contributed by atoms with van der Waals surface area (Å²) in [7, 11) is 0. The summed E-state index contributed by atoms with van der Waals surface area (Å²) in [6.45, 7) is 2.66. The minimum atomic E-state index is -0.0861. The van der Waals surface area contributed by atoms with Gasteiger partial charge in [-0.2, -0.15) is 5.10 Å². The molecule has 0 bridgehead atoms. The first-order chi connectivity index (χ1) is 13.8. The van der Waals surface area contributed by atoms with Gasteiger partial charge in [0.1, 0.15) is 0 Å². The summed E-state index contributed by atoms with van der Waals surface area (Å²) in [5, 5.41) is 7.41. The Labute approximate surface area is 165 Å². The third kappa shape index (κ3) is 4.12. The number of hydrogen-bond donors (Lipinski definition) is 1. The normalized spacial score (nSPS) is 15.9. The van der Waals surface area contributed by atoms with Gasteiger partial charge in [-0.15, -0.1) is 0 Å². The van der Waals surface area contributed by atoms with Crippen molar-refractivity contribution in [3.63, 3.8) is 0 Å². The lowest BCUT2D eigenvalue weighted by Crippen LogP contribution is -2.40. The highest BCUT2D eigenvalue weighted by molar-refractivity contribution is 5.97. The monoisotopic (exact) mass is 375 g/mol. The standard InChI is InChI=1S/C22H25N5O/c28-22(19-9-2-3-10-20(19)27-15-7-12-25-27)24-17-21(18-8-6-11-23-16-18)26-13-4-1-5-14-26/h2-3,6-12,15-16,21H,1,4-5,13-14,17H2,(H,24,28)/t21-/m0/s1. The van der Waals surface area contributed by atoms with Crippen molar-refractivity contribution in [1.82, 2.24) is 25.0 Å². The molecule has 1 saturated heterocycles. The molecular weight excluding hydrogens is 350 g/mol. The fourth-order valence-electron chi connectivity index (χ4n) is 3.82. The van der Waals surface area contributed by atoms with Crippen LogP contribution in [-0.4, -0.2) is 45.2 Å². The molecule has 2 aromatic heterocycles. The Bertz CT molecular complexity index is 888. The van der Waals surface area contributed by atoms with Gasteiger partial charge in [-0.3, -0.25) is 14.7 Å². The molecule has 3 heterocycles. The molecule has 0 unspecified atom stereocenters. The number of aromatic nitrogens is 3. The van der Waals surface area contributed by atoms with Gasteiger partial charge >= 0.3 is 0 Å². The van der Waals surface area contributed by atoms with Crippen LogP contribution in [0, 0.1) is 0 Å². The molecule has 0 radical (unpaired) electrons. The van der Waals surface area contributed by atoms with Crippen molar-refractivity contribution in [1.29, 1.82) is 0 Å². The number of piperidine rings is 1. The van der Waals surface area contributed by atoms with E-state index in [-0.39, 0.29) is 11.9 Å². The van der Waals surface area contributed by atoms with Crippen LogP contribution in [0.1, 0.15) is 41.2 Å². The zero-order valence-electron chi connectivity index (χ0n) is 15.9. The first-order valence-corrected chi connectivity index (χ1v) is 9.84. The largest absolute Gasteiger partial charge is 0.350 e. The number of pyridine rings is 1. The van der Waals surface area contributed by atoms with Gasteiger partial charge in [0.05, 0.1) is 17.3 Å². The molecule has 28 heavy (non-hydrogen) atoms. The van der Waals surface area contributed by atoms with Crippen LogP contribution in [0.15, 0.2) is 67.3 Å². The molecule has 3 aromatic rings. The Morgan fingerprint density at radius 3 is 2.64 bits per heavy atom. The van der Waals surface area contributed by atoms with E-state index >= 15 is 0 Å². The summed E-state index contributed by atoms with van der Waals surface area (Å²) in [4.78, 5) is 19.7. The maximum Gasteiger partial charge on any atom is 0.253 e. The second-order valence-electron chi connectivity index (χ2n) is 7.08. The molecule has 1 aliphatic rings. The predicted octanol–water partition coefficient (Wildman–Crippen LogP) is 3.22. The van der Waals surface area contributed by atoms with Crippen molar-refractivity contribution in [3.05, 3.63) is 78.4 Å². The number of nitrogens with zero attached hydrogens (tertiary/aromatic N) is 4. The fraction of sp³-hybridized carbons (Fsp3) is 0.318. The van der Waals surface area contributed by atoms with Gasteiger partial charge < -0.3 is 5.32 Å². The smallest absolute Gasteiger partial charge is 0.253 e. The van der Waals surface area contributed by atoms with Crippen LogP contribution < -0.4 is 5.32 Å². The average Bonchev–Trinajstić information content (AvgIpc) is 3.30. The van der Waals surface area contributed by atoms with Gasteiger partial charge in [-0.25, -0.2) is 4.68 Å². The van der Waals surface area contributed by atoms with Crippen molar-refractivity contribution in [2.75, 3.05) is 19.6 Å². The Kier molecular flexibility index (Phi) is 5.77. The predicted molar refractivity (Wildman–Crippen MR) is 108 cm³/mol.